The summed E-state index contributed by atoms with van der Waals surface area (Å²) in [4.78, 5) is 40.8. The summed E-state index contributed by atoms with van der Waals surface area (Å²) in [6.45, 7) is 6.39. The molecule has 4 rings (SSSR count). The number of hydrogen-bond acceptors (Lipinski definition) is 5. The van der Waals surface area contributed by atoms with Crippen molar-refractivity contribution in [3.05, 3.63) is 98.5 Å². The van der Waals surface area contributed by atoms with Gasteiger partial charge in [-0.15, -0.1) is 0 Å². The molecule has 1 aliphatic rings. The van der Waals surface area contributed by atoms with E-state index in [1.54, 1.807) is 25.3 Å². The second-order valence-corrected chi connectivity index (χ2v) is 10.4. The summed E-state index contributed by atoms with van der Waals surface area (Å²) in [6, 6.07) is 17.3. The zero-order chi connectivity index (χ0) is 27.9. The number of aromatic nitrogens is 2. The minimum Gasteiger partial charge on any atom is -0.384 e. The standard InChI is InChI=1S/C31H38N4O4/c1-5-22(19-39-4)27-13-14-28(23-9-7-6-8-10-23)35(27)29(36)18-32-30(37)25-12-11-24(20(2)15-25)17-26-16-21(3)33-34-31(26)38/h6-12,15-16,22,27-28H,5,13-14,17-19H2,1-4H3,(H,32,37)(H,34,38)/t22-,27?,28+/m1/s1. The Morgan fingerprint density at radius 3 is 2.56 bits per heavy atom. The van der Waals surface area contributed by atoms with Crippen molar-refractivity contribution in [1.82, 2.24) is 20.4 Å². The Balaban J connectivity index is 1.46. The number of amides is 2. The van der Waals surface area contributed by atoms with Crippen molar-refractivity contribution in [2.45, 2.75) is 58.5 Å². The van der Waals surface area contributed by atoms with Gasteiger partial charge in [-0.2, -0.15) is 5.10 Å². The number of ether oxygens (including phenoxy) is 1. The van der Waals surface area contributed by atoms with Gasteiger partial charge in [0.1, 0.15) is 0 Å². The number of aryl methyl sites for hydroxylation is 2. The SMILES string of the molecule is CC[C@H](COC)C1CC[C@@H](c2ccccc2)N1C(=O)CNC(=O)c1ccc(Cc2cc(C)n[nH]c2=O)c(C)c1. The van der Waals surface area contributed by atoms with Gasteiger partial charge < -0.3 is 15.0 Å². The number of methoxy groups -OCH3 is 1. The number of nitrogens with zero attached hydrogens (tertiary/aromatic N) is 2. The first kappa shape index (κ1) is 28.2. The third kappa shape index (κ3) is 6.63. The number of nitrogens with one attached hydrogen (secondary N) is 2. The van der Waals surface area contributed by atoms with Gasteiger partial charge in [0.15, 0.2) is 0 Å². The molecular formula is C31H38N4O4. The van der Waals surface area contributed by atoms with Crippen LogP contribution in [0.2, 0.25) is 0 Å². The van der Waals surface area contributed by atoms with E-state index in [9.17, 15) is 14.4 Å². The van der Waals surface area contributed by atoms with E-state index >= 15 is 0 Å². The summed E-state index contributed by atoms with van der Waals surface area (Å²) in [7, 11) is 1.70. The average Bonchev–Trinajstić information content (AvgIpc) is 3.38. The molecule has 0 spiro atoms. The lowest BCUT2D eigenvalue weighted by atomic mass is 9.95. The first-order valence-electron chi connectivity index (χ1n) is 13.6. The number of aromatic amines is 1. The summed E-state index contributed by atoms with van der Waals surface area (Å²) >= 11 is 0. The van der Waals surface area contributed by atoms with E-state index in [2.05, 4.69) is 34.6 Å². The molecule has 206 valence electrons. The fraction of sp³-hybridized carbons (Fsp3) is 0.419. The fourth-order valence-corrected chi connectivity index (χ4v) is 5.66. The van der Waals surface area contributed by atoms with Gasteiger partial charge in [0.25, 0.3) is 11.5 Å². The predicted octanol–water partition coefficient (Wildman–Crippen LogP) is 4.11. The van der Waals surface area contributed by atoms with Gasteiger partial charge in [-0.1, -0.05) is 43.3 Å². The van der Waals surface area contributed by atoms with Crippen molar-refractivity contribution in [2.24, 2.45) is 5.92 Å². The third-order valence-corrected chi connectivity index (χ3v) is 7.74. The van der Waals surface area contributed by atoms with E-state index in [4.69, 9.17) is 4.74 Å². The Bertz CT molecular complexity index is 1350. The van der Waals surface area contributed by atoms with E-state index in [1.807, 2.05) is 43.0 Å². The maximum absolute atomic E-state index is 13.6. The summed E-state index contributed by atoms with van der Waals surface area (Å²) in [5, 5.41) is 9.28. The van der Waals surface area contributed by atoms with Crippen LogP contribution in [0.5, 0.6) is 0 Å². The van der Waals surface area contributed by atoms with Crippen molar-refractivity contribution >= 4 is 11.8 Å². The van der Waals surface area contributed by atoms with Crippen LogP contribution in [0.4, 0.5) is 0 Å². The molecule has 0 saturated carbocycles. The minimum absolute atomic E-state index is 0.0204. The van der Waals surface area contributed by atoms with Crippen LogP contribution in [0.25, 0.3) is 0 Å². The number of carbonyl (C=O) groups is 2. The topological polar surface area (TPSA) is 104 Å². The van der Waals surface area contributed by atoms with Gasteiger partial charge >= 0.3 is 0 Å². The largest absolute Gasteiger partial charge is 0.384 e. The van der Waals surface area contributed by atoms with Crippen LogP contribution in [0.1, 0.15) is 70.5 Å². The summed E-state index contributed by atoms with van der Waals surface area (Å²) in [5.41, 5.74) is 4.59. The van der Waals surface area contributed by atoms with Crippen molar-refractivity contribution in [2.75, 3.05) is 20.3 Å². The molecule has 3 aromatic rings. The molecule has 2 amide bonds. The molecule has 8 heteroatoms. The van der Waals surface area contributed by atoms with Gasteiger partial charge in [0, 0.05) is 36.6 Å². The molecule has 1 aliphatic heterocycles. The van der Waals surface area contributed by atoms with Crippen molar-refractivity contribution < 1.29 is 14.3 Å². The third-order valence-electron chi connectivity index (χ3n) is 7.74. The second kappa shape index (κ2) is 12.8. The number of benzene rings is 2. The lowest BCUT2D eigenvalue weighted by molar-refractivity contribution is -0.134. The maximum Gasteiger partial charge on any atom is 0.267 e. The molecule has 39 heavy (non-hydrogen) atoms. The Kier molecular flexibility index (Phi) is 9.30. The molecule has 0 radical (unpaired) electrons. The number of hydrogen-bond donors (Lipinski definition) is 2. The summed E-state index contributed by atoms with van der Waals surface area (Å²) in [6.07, 6.45) is 3.14. The van der Waals surface area contributed by atoms with Crippen molar-refractivity contribution in [3.8, 4) is 0 Å². The van der Waals surface area contributed by atoms with Gasteiger partial charge in [-0.25, -0.2) is 5.10 Å². The highest BCUT2D eigenvalue weighted by Gasteiger charge is 2.40. The van der Waals surface area contributed by atoms with Gasteiger partial charge in [0.05, 0.1) is 24.9 Å². The van der Waals surface area contributed by atoms with Crippen molar-refractivity contribution in [3.63, 3.8) is 0 Å². The van der Waals surface area contributed by atoms with E-state index in [-0.39, 0.29) is 41.9 Å². The van der Waals surface area contributed by atoms with Crippen molar-refractivity contribution in [1.29, 1.82) is 0 Å². The van der Waals surface area contributed by atoms with Gasteiger partial charge in [-0.3, -0.25) is 14.4 Å². The molecule has 0 bridgehead atoms. The van der Waals surface area contributed by atoms with Crippen LogP contribution in [0, 0.1) is 19.8 Å². The molecule has 1 aromatic heterocycles. The quantitative estimate of drug-likeness (QED) is 0.411. The lowest BCUT2D eigenvalue weighted by Gasteiger charge is -2.35. The van der Waals surface area contributed by atoms with Gasteiger partial charge in [0.2, 0.25) is 5.91 Å². The van der Waals surface area contributed by atoms with Crippen LogP contribution >= 0.6 is 0 Å². The molecule has 8 nitrogen and oxygen atoms in total. The normalized spacial score (nSPS) is 17.7. The minimum atomic E-state index is -0.299. The van der Waals surface area contributed by atoms with Crippen LogP contribution in [-0.4, -0.2) is 53.2 Å². The molecule has 1 fully saturated rings. The molecule has 2 heterocycles. The molecular weight excluding hydrogens is 492 g/mol. The Labute approximate surface area is 229 Å². The molecule has 2 aromatic carbocycles. The van der Waals surface area contributed by atoms with E-state index in [1.165, 1.54) is 0 Å². The zero-order valence-electron chi connectivity index (χ0n) is 23.2. The van der Waals surface area contributed by atoms with Gasteiger partial charge in [-0.05, 0) is 68.0 Å². The molecule has 1 saturated heterocycles. The smallest absolute Gasteiger partial charge is 0.267 e. The highest BCUT2D eigenvalue weighted by molar-refractivity contribution is 5.96. The molecule has 2 N–H and O–H groups in total. The average molecular weight is 531 g/mol. The molecule has 3 atom stereocenters. The first-order valence-corrected chi connectivity index (χ1v) is 13.6. The predicted molar refractivity (Wildman–Crippen MR) is 151 cm³/mol. The number of carbonyl (C=O) groups excluding carboxylic acids is 2. The molecule has 1 unspecified atom stereocenters. The number of likely N-dealkylation sites (tertiary alicyclic amines) is 1. The van der Waals surface area contributed by atoms with E-state index in [0.717, 1.165) is 41.6 Å². The van der Waals surface area contributed by atoms with Crippen LogP contribution in [-0.2, 0) is 16.0 Å². The summed E-state index contributed by atoms with van der Waals surface area (Å²) < 4.78 is 5.47. The Hall–Kier alpha value is -3.78. The highest BCUT2D eigenvalue weighted by atomic mass is 16.5. The Morgan fingerprint density at radius 2 is 1.87 bits per heavy atom. The highest BCUT2D eigenvalue weighted by Crippen LogP contribution is 2.39. The number of rotatable bonds is 10. The Morgan fingerprint density at radius 1 is 1.10 bits per heavy atom. The van der Waals surface area contributed by atoms with Crippen LogP contribution < -0.4 is 10.9 Å². The lowest BCUT2D eigenvalue weighted by Crippen LogP contribution is -2.47. The molecule has 0 aliphatic carbocycles. The summed E-state index contributed by atoms with van der Waals surface area (Å²) in [5.74, 6) is -0.156. The van der Waals surface area contributed by atoms with E-state index < -0.39 is 0 Å². The first-order chi connectivity index (χ1) is 18.8. The zero-order valence-corrected chi connectivity index (χ0v) is 23.2. The van der Waals surface area contributed by atoms with Crippen LogP contribution in [0.15, 0.2) is 59.4 Å². The van der Waals surface area contributed by atoms with Crippen LogP contribution in [0.3, 0.4) is 0 Å². The maximum atomic E-state index is 13.6. The fourth-order valence-electron chi connectivity index (χ4n) is 5.66. The van der Waals surface area contributed by atoms with E-state index in [0.29, 0.717) is 24.2 Å². The second-order valence-electron chi connectivity index (χ2n) is 10.4. The number of H-pyrrole nitrogens is 1. The monoisotopic (exact) mass is 530 g/mol.